The lowest BCUT2D eigenvalue weighted by atomic mass is 10.2. The largest absolute Gasteiger partial charge is 0.310 e. The Morgan fingerprint density at radius 1 is 0.667 bits per heavy atom. The second kappa shape index (κ2) is 6.07. The maximum Gasteiger partial charge on any atom is 0.125 e. The van der Waals surface area contributed by atoms with Gasteiger partial charge in [-0.05, 0) is 47.8 Å². The number of hydrogen-bond donors (Lipinski definition) is 0. The molecular weight excluding hydrogens is 280 g/mol. The summed E-state index contributed by atoms with van der Waals surface area (Å²) in [5, 5.41) is 1.09. The Bertz CT molecular complexity index is 697. The van der Waals surface area contributed by atoms with Gasteiger partial charge in [0, 0.05) is 17.1 Å². The van der Waals surface area contributed by atoms with Crippen molar-refractivity contribution in [3.63, 3.8) is 0 Å². The Morgan fingerprint density at radius 2 is 1.29 bits per heavy atom. The fourth-order valence-electron chi connectivity index (χ4n) is 2.30. The third-order valence-electron chi connectivity index (χ3n) is 3.21. The van der Waals surface area contributed by atoms with Gasteiger partial charge in [-0.25, -0.2) is 4.39 Å². The molecule has 0 N–H and O–H groups in total. The fraction of sp³-hybridized carbons (Fsp3) is 0. The smallest absolute Gasteiger partial charge is 0.125 e. The van der Waals surface area contributed by atoms with Crippen molar-refractivity contribution in [3.05, 3.63) is 84.7 Å². The zero-order valence-corrected chi connectivity index (χ0v) is 12.6. The molecule has 0 fully saturated rings. The number of benzene rings is 3. The van der Waals surface area contributed by atoms with Crippen LogP contribution in [0.3, 0.4) is 0 Å². The van der Waals surface area contributed by atoms with E-state index < -0.39 is 0 Å². The number of hydrogen-bond acceptors (Lipinski definition) is 1. The highest BCUT2D eigenvalue weighted by Gasteiger charge is 2.12. The van der Waals surface area contributed by atoms with E-state index in [4.69, 9.17) is 0 Å². The molecule has 0 amide bonds. The van der Waals surface area contributed by atoms with Crippen molar-refractivity contribution in [2.24, 2.45) is 0 Å². The van der Waals surface area contributed by atoms with Gasteiger partial charge in [-0.15, -0.1) is 9.24 Å². The zero-order chi connectivity index (χ0) is 14.7. The number of anilines is 3. The molecule has 1 unspecified atom stereocenters. The van der Waals surface area contributed by atoms with Crippen molar-refractivity contribution in [2.45, 2.75) is 0 Å². The van der Waals surface area contributed by atoms with Gasteiger partial charge in [0.1, 0.15) is 5.82 Å². The predicted molar refractivity (Wildman–Crippen MR) is 90.4 cm³/mol. The SMILES string of the molecule is Fc1cccc(N(c2ccccc2)c2cccc(P)c2)c1. The maximum absolute atomic E-state index is 13.6. The van der Waals surface area contributed by atoms with Crippen LogP contribution in [0, 0.1) is 5.82 Å². The van der Waals surface area contributed by atoms with Gasteiger partial charge >= 0.3 is 0 Å². The zero-order valence-electron chi connectivity index (χ0n) is 11.4. The molecule has 0 aliphatic rings. The minimum atomic E-state index is -0.240. The standard InChI is InChI=1S/C18H15FNP/c19-14-6-4-9-16(12-14)20(15-7-2-1-3-8-15)17-10-5-11-18(21)13-17/h1-13H,21H2. The van der Waals surface area contributed by atoms with Gasteiger partial charge in [-0.1, -0.05) is 36.4 Å². The minimum absolute atomic E-state index is 0.240. The van der Waals surface area contributed by atoms with E-state index in [2.05, 4.69) is 15.3 Å². The van der Waals surface area contributed by atoms with Gasteiger partial charge in [0.2, 0.25) is 0 Å². The molecule has 3 heteroatoms. The summed E-state index contributed by atoms with van der Waals surface area (Å²) in [7, 11) is 2.69. The van der Waals surface area contributed by atoms with Gasteiger partial charge in [0.15, 0.2) is 0 Å². The first-order valence-corrected chi connectivity index (χ1v) is 7.28. The van der Waals surface area contributed by atoms with E-state index in [1.807, 2.05) is 59.5 Å². The monoisotopic (exact) mass is 295 g/mol. The molecule has 1 nitrogen and oxygen atoms in total. The molecule has 0 spiro atoms. The van der Waals surface area contributed by atoms with Crippen molar-refractivity contribution < 1.29 is 4.39 Å². The van der Waals surface area contributed by atoms with Crippen LogP contribution < -0.4 is 10.2 Å². The highest BCUT2D eigenvalue weighted by molar-refractivity contribution is 7.27. The number of halogens is 1. The van der Waals surface area contributed by atoms with Crippen LogP contribution in [0.4, 0.5) is 21.5 Å². The molecule has 0 saturated heterocycles. The minimum Gasteiger partial charge on any atom is -0.310 e. The molecule has 3 aromatic rings. The molecule has 0 saturated carbocycles. The normalized spacial score (nSPS) is 10.4. The van der Waals surface area contributed by atoms with Gasteiger partial charge in [-0.3, -0.25) is 0 Å². The molecule has 0 aromatic heterocycles. The van der Waals surface area contributed by atoms with Crippen molar-refractivity contribution in [1.82, 2.24) is 0 Å². The average Bonchev–Trinajstić information content (AvgIpc) is 2.49. The summed E-state index contributed by atoms with van der Waals surface area (Å²) in [4.78, 5) is 2.04. The average molecular weight is 295 g/mol. The summed E-state index contributed by atoms with van der Waals surface area (Å²) in [5.41, 5.74) is 2.80. The molecule has 0 radical (unpaired) electrons. The molecule has 104 valence electrons. The van der Waals surface area contributed by atoms with Crippen LogP contribution in [0.2, 0.25) is 0 Å². The van der Waals surface area contributed by atoms with Crippen LogP contribution in [0.1, 0.15) is 0 Å². The second-order valence-corrected chi connectivity index (χ2v) is 5.41. The highest BCUT2D eigenvalue weighted by Crippen LogP contribution is 2.33. The first-order chi connectivity index (χ1) is 10.2. The molecule has 0 aliphatic heterocycles. The van der Waals surface area contributed by atoms with Crippen molar-refractivity contribution in [1.29, 1.82) is 0 Å². The highest BCUT2D eigenvalue weighted by atomic mass is 31.0. The quantitative estimate of drug-likeness (QED) is 0.628. The van der Waals surface area contributed by atoms with Crippen LogP contribution in [0.25, 0.3) is 0 Å². The van der Waals surface area contributed by atoms with Gasteiger partial charge in [-0.2, -0.15) is 0 Å². The lowest BCUT2D eigenvalue weighted by Crippen LogP contribution is -2.11. The van der Waals surface area contributed by atoms with E-state index in [0.717, 1.165) is 22.4 Å². The van der Waals surface area contributed by atoms with E-state index in [9.17, 15) is 4.39 Å². The molecule has 3 rings (SSSR count). The van der Waals surface area contributed by atoms with Crippen molar-refractivity contribution >= 4 is 31.6 Å². The summed E-state index contributed by atoms with van der Waals surface area (Å²) in [6, 6.07) is 24.7. The van der Waals surface area contributed by atoms with Crippen LogP contribution in [0.5, 0.6) is 0 Å². The molecule has 3 aromatic carbocycles. The van der Waals surface area contributed by atoms with Crippen molar-refractivity contribution in [3.8, 4) is 0 Å². The summed E-state index contributed by atoms with van der Waals surface area (Å²) >= 11 is 0. The summed E-state index contributed by atoms with van der Waals surface area (Å²) < 4.78 is 13.6. The van der Waals surface area contributed by atoms with Gasteiger partial charge in [0.05, 0.1) is 0 Å². The molecule has 1 atom stereocenters. The predicted octanol–water partition coefficient (Wildman–Crippen LogP) is 4.80. The second-order valence-electron chi connectivity index (χ2n) is 4.75. The van der Waals surface area contributed by atoms with Gasteiger partial charge in [0.25, 0.3) is 0 Å². The van der Waals surface area contributed by atoms with E-state index in [0.29, 0.717) is 0 Å². The lowest BCUT2D eigenvalue weighted by molar-refractivity contribution is 0.628. The Balaban J connectivity index is 2.16. The molecule has 0 heterocycles. The number of rotatable bonds is 3. The van der Waals surface area contributed by atoms with E-state index in [1.165, 1.54) is 6.07 Å². The van der Waals surface area contributed by atoms with E-state index in [-0.39, 0.29) is 5.82 Å². The van der Waals surface area contributed by atoms with Gasteiger partial charge < -0.3 is 4.90 Å². The van der Waals surface area contributed by atoms with Crippen LogP contribution in [-0.2, 0) is 0 Å². The van der Waals surface area contributed by atoms with Crippen molar-refractivity contribution in [2.75, 3.05) is 4.90 Å². The summed E-state index contributed by atoms with van der Waals surface area (Å²) in [6.45, 7) is 0. The first-order valence-electron chi connectivity index (χ1n) is 6.70. The Labute approximate surface area is 126 Å². The van der Waals surface area contributed by atoms with E-state index in [1.54, 1.807) is 12.1 Å². The lowest BCUT2D eigenvalue weighted by Gasteiger charge is -2.25. The fourth-order valence-corrected chi connectivity index (χ4v) is 2.59. The molecule has 21 heavy (non-hydrogen) atoms. The van der Waals surface area contributed by atoms with Crippen LogP contribution >= 0.6 is 9.24 Å². The third kappa shape index (κ3) is 3.12. The first kappa shape index (κ1) is 13.8. The summed E-state index contributed by atoms with van der Waals surface area (Å²) in [6.07, 6.45) is 0. The Morgan fingerprint density at radius 3 is 1.95 bits per heavy atom. The topological polar surface area (TPSA) is 3.24 Å². The summed E-state index contributed by atoms with van der Waals surface area (Å²) in [5.74, 6) is -0.240. The Hall–Kier alpha value is -2.18. The van der Waals surface area contributed by atoms with Crippen LogP contribution in [0.15, 0.2) is 78.9 Å². The van der Waals surface area contributed by atoms with E-state index >= 15 is 0 Å². The van der Waals surface area contributed by atoms with Crippen LogP contribution in [-0.4, -0.2) is 0 Å². The number of para-hydroxylation sites is 1. The molecular formula is C18H15FNP. The molecule has 0 bridgehead atoms. The molecule has 0 aliphatic carbocycles. The third-order valence-corrected chi connectivity index (χ3v) is 3.57. The maximum atomic E-state index is 13.6. The number of nitrogens with zero attached hydrogens (tertiary/aromatic N) is 1. The Kier molecular flexibility index (Phi) is 3.98.